The molecule has 1 aliphatic carbocycles. The lowest BCUT2D eigenvalue weighted by atomic mass is 9.84. The van der Waals surface area contributed by atoms with Gasteiger partial charge >= 0.3 is 0 Å². The third kappa shape index (κ3) is 2.29. The fourth-order valence-corrected chi connectivity index (χ4v) is 2.80. The van der Waals surface area contributed by atoms with Crippen molar-refractivity contribution in [1.82, 2.24) is 9.55 Å². The van der Waals surface area contributed by atoms with E-state index in [1.54, 1.807) is 0 Å². The van der Waals surface area contributed by atoms with Gasteiger partial charge < -0.3 is 10.3 Å². The van der Waals surface area contributed by atoms with Crippen LogP contribution in [0.25, 0.3) is 0 Å². The monoisotopic (exact) mass is 221 g/mol. The first kappa shape index (κ1) is 11.6. The molecule has 3 heteroatoms. The van der Waals surface area contributed by atoms with E-state index in [-0.39, 0.29) is 6.04 Å². The minimum absolute atomic E-state index is 0.0893. The molecule has 0 bridgehead atoms. The largest absolute Gasteiger partial charge is 0.330 e. The van der Waals surface area contributed by atoms with E-state index >= 15 is 0 Å². The summed E-state index contributed by atoms with van der Waals surface area (Å²) >= 11 is 0. The van der Waals surface area contributed by atoms with Gasteiger partial charge in [0.15, 0.2) is 0 Å². The fourth-order valence-electron chi connectivity index (χ4n) is 2.80. The van der Waals surface area contributed by atoms with E-state index in [1.807, 2.05) is 19.4 Å². The third-order valence-corrected chi connectivity index (χ3v) is 3.95. The molecule has 2 rings (SSSR count). The van der Waals surface area contributed by atoms with Crippen LogP contribution in [0, 0.1) is 5.92 Å². The first-order chi connectivity index (χ1) is 7.72. The van der Waals surface area contributed by atoms with Crippen LogP contribution in [0.3, 0.4) is 0 Å². The normalized spacial score (nSPS) is 27.9. The van der Waals surface area contributed by atoms with Crippen molar-refractivity contribution in [1.29, 1.82) is 0 Å². The number of nitrogens with two attached hydrogens (primary N) is 1. The Labute approximate surface area is 98.1 Å². The van der Waals surface area contributed by atoms with Gasteiger partial charge in [-0.15, -0.1) is 0 Å². The molecule has 3 nitrogen and oxygen atoms in total. The molecule has 1 fully saturated rings. The summed E-state index contributed by atoms with van der Waals surface area (Å²) in [6, 6.07) is 0.720. The summed E-state index contributed by atoms with van der Waals surface area (Å²) in [5.41, 5.74) is 7.14. The quantitative estimate of drug-likeness (QED) is 0.852. The SMILES string of the molecule is CCC1CCC(n2cncc2C(C)N)CC1. The Bertz CT molecular complexity index is 322. The van der Waals surface area contributed by atoms with Gasteiger partial charge in [-0.25, -0.2) is 4.98 Å². The second-order valence-corrected chi connectivity index (χ2v) is 5.10. The van der Waals surface area contributed by atoms with Crippen molar-refractivity contribution in [3.8, 4) is 0 Å². The fraction of sp³-hybridized carbons (Fsp3) is 0.769. The summed E-state index contributed by atoms with van der Waals surface area (Å²) in [5.74, 6) is 0.943. The van der Waals surface area contributed by atoms with Gasteiger partial charge in [0.2, 0.25) is 0 Å². The summed E-state index contributed by atoms with van der Waals surface area (Å²) in [4.78, 5) is 4.24. The van der Waals surface area contributed by atoms with Crippen LogP contribution < -0.4 is 5.73 Å². The van der Waals surface area contributed by atoms with E-state index in [9.17, 15) is 0 Å². The molecule has 1 heterocycles. The van der Waals surface area contributed by atoms with Gasteiger partial charge in [0, 0.05) is 18.3 Å². The number of hydrogen-bond donors (Lipinski definition) is 1. The lowest BCUT2D eigenvalue weighted by Gasteiger charge is -2.30. The second-order valence-electron chi connectivity index (χ2n) is 5.10. The molecule has 0 aliphatic heterocycles. The first-order valence-electron chi connectivity index (χ1n) is 6.49. The summed E-state index contributed by atoms with van der Waals surface area (Å²) in [5, 5.41) is 0. The van der Waals surface area contributed by atoms with E-state index < -0.39 is 0 Å². The van der Waals surface area contributed by atoms with Crippen molar-refractivity contribution < 1.29 is 0 Å². The molecule has 1 aliphatic rings. The van der Waals surface area contributed by atoms with Gasteiger partial charge in [0.1, 0.15) is 0 Å². The zero-order chi connectivity index (χ0) is 11.5. The van der Waals surface area contributed by atoms with Crippen LogP contribution >= 0.6 is 0 Å². The van der Waals surface area contributed by atoms with Crippen LogP contribution in [0.1, 0.15) is 63.7 Å². The molecule has 0 aromatic carbocycles. The van der Waals surface area contributed by atoms with Crippen molar-refractivity contribution in [2.75, 3.05) is 0 Å². The number of rotatable bonds is 3. The maximum absolute atomic E-state index is 5.96. The smallest absolute Gasteiger partial charge is 0.0951 e. The Morgan fingerprint density at radius 2 is 2.12 bits per heavy atom. The minimum atomic E-state index is 0.0893. The first-order valence-corrected chi connectivity index (χ1v) is 6.49. The van der Waals surface area contributed by atoms with Crippen molar-refractivity contribution in [3.05, 3.63) is 18.2 Å². The molecule has 0 radical (unpaired) electrons. The lowest BCUT2D eigenvalue weighted by Crippen LogP contribution is -2.21. The van der Waals surface area contributed by atoms with Crippen LogP contribution in [0.2, 0.25) is 0 Å². The average molecular weight is 221 g/mol. The molecule has 1 unspecified atom stereocenters. The maximum atomic E-state index is 5.96. The van der Waals surface area contributed by atoms with Gasteiger partial charge in [-0.1, -0.05) is 13.3 Å². The zero-order valence-corrected chi connectivity index (χ0v) is 10.4. The number of aromatic nitrogens is 2. The topological polar surface area (TPSA) is 43.8 Å². The summed E-state index contributed by atoms with van der Waals surface area (Å²) in [6.07, 6.45) is 10.5. The highest BCUT2D eigenvalue weighted by Crippen LogP contribution is 2.34. The molecule has 2 N–H and O–H groups in total. The molecule has 0 saturated heterocycles. The predicted molar refractivity (Wildman–Crippen MR) is 66.1 cm³/mol. The maximum Gasteiger partial charge on any atom is 0.0951 e. The Balaban J connectivity index is 2.05. The Kier molecular flexibility index (Phi) is 3.64. The Morgan fingerprint density at radius 1 is 1.44 bits per heavy atom. The molecule has 1 aromatic rings. The van der Waals surface area contributed by atoms with Crippen LogP contribution in [-0.4, -0.2) is 9.55 Å². The number of nitrogens with zero attached hydrogens (tertiary/aromatic N) is 2. The van der Waals surface area contributed by atoms with Crippen molar-refractivity contribution in [2.24, 2.45) is 11.7 Å². The Morgan fingerprint density at radius 3 is 2.69 bits per heavy atom. The van der Waals surface area contributed by atoms with Crippen molar-refractivity contribution in [3.63, 3.8) is 0 Å². The lowest BCUT2D eigenvalue weighted by molar-refractivity contribution is 0.265. The number of imidazole rings is 1. The number of hydrogen-bond acceptors (Lipinski definition) is 2. The van der Waals surface area contributed by atoms with Gasteiger partial charge in [-0.2, -0.15) is 0 Å². The minimum Gasteiger partial charge on any atom is -0.330 e. The Hall–Kier alpha value is -0.830. The highest BCUT2D eigenvalue weighted by molar-refractivity contribution is 5.05. The summed E-state index contributed by atoms with van der Waals surface area (Å²) in [6.45, 7) is 4.33. The predicted octanol–water partition coefficient (Wildman–Crippen LogP) is 3.04. The van der Waals surface area contributed by atoms with Gasteiger partial charge in [-0.3, -0.25) is 0 Å². The van der Waals surface area contributed by atoms with Gasteiger partial charge in [0.25, 0.3) is 0 Å². The third-order valence-electron chi connectivity index (χ3n) is 3.95. The van der Waals surface area contributed by atoms with Crippen molar-refractivity contribution >= 4 is 0 Å². The van der Waals surface area contributed by atoms with E-state index in [4.69, 9.17) is 5.73 Å². The summed E-state index contributed by atoms with van der Waals surface area (Å²) < 4.78 is 2.30. The van der Waals surface area contributed by atoms with Crippen LogP contribution in [0.15, 0.2) is 12.5 Å². The van der Waals surface area contributed by atoms with Crippen LogP contribution in [0.5, 0.6) is 0 Å². The van der Waals surface area contributed by atoms with E-state index in [2.05, 4.69) is 16.5 Å². The van der Waals surface area contributed by atoms with Crippen molar-refractivity contribution in [2.45, 2.75) is 58.0 Å². The molecule has 90 valence electrons. The molecule has 16 heavy (non-hydrogen) atoms. The van der Waals surface area contributed by atoms with E-state index in [1.165, 1.54) is 37.8 Å². The zero-order valence-electron chi connectivity index (χ0n) is 10.4. The van der Waals surface area contributed by atoms with Crippen LogP contribution in [0.4, 0.5) is 0 Å². The molecule has 1 aromatic heterocycles. The molecule has 1 saturated carbocycles. The van der Waals surface area contributed by atoms with Gasteiger partial charge in [-0.05, 0) is 38.5 Å². The highest BCUT2D eigenvalue weighted by atomic mass is 15.1. The van der Waals surface area contributed by atoms with E-state index in [0.717, 1.165) is 5.92 Å². The molecule has 1 atom stereocenters. The standard InChI is InChI=1S/C13H23N3/c1-3-11-4-6-12(7-5-11)16-9-15-8-13(16)10(2)14/h8-12H,3-7,14H2,1-2H3. The van der Waals surface area contributed by atoms with Crippen LogP contribution in [-0.2, 0) is 0 Å². The highest BCUT2D eigenvalue weighted by Gasteiger charge is 2.23. The second kappa shape index (κ2) is 5.00. The van der Waals surface area contributed by atoms with E-state index in [0.29, 0.717) is 6.04 Å². The van der Waals surface area contributed by atoms with Gasteiger partial charge in [0.05, 0.1) is 12.0 Å². The molecular formula is C13H23N3. The molecule has 0 amide bonds. The summed E-state index contributed by atoms with van der Waals surface area (Å²) in [7, 11) is 0. The average Bonchev–Trinajstić information content (AvgIpc) is 2.78. The molecule has 0 spiro atoms. The molecular weight excluding hydrogens is 198 g/mol.